The molecule has 0 radical (unpaired) electrons. The molecular weight excluding hydrogens is 439 g/mol. The van der Waals surface area contributed by atoms with E-state index in [9.17, 15) is 17.6 Å². The van der Waals surface area contributed by atoms with E-state index in [2.05, 4.69) is 25.9 Å². The van der Waals surface area contributed by atoms with Crippen LogP contribution in [-0.4, -0.2) is 28.7 Å². The zero-order chi connectivity index (χ0) is 18.2. The topological polar surface area (TPSA) is 93.4 Å². The van der Waals surface area contributed by atoms with Gasteiger partial charge in [-0.25, -0.2) is 27.5 Å². The predicted octanol–water partition coefficient (Wildman–Crippen LogP) is 2.73. The van der Waals surface area contributed by atoms with Gasteiger partial charge in [-0.1, -0.05) is 17.7 Å². The van der Waals surface area contributed by atoms with Crippen molar-refractivity contribution in [2.24, 2.45) is 0 Å². The largest absolute Gasteiger partial charge is 0.289 e. The Morgan fingerprint density at radius 1 is 1.36 bits per heavy atom. The van der Waals surface area contributed by atoms with Crippen LogP contribution in [0.3, 0.4) is 0 Å². The minimum Gasteiger partial charge on any atom is -0.289 e. The highest BCUT2D eigenvalue weighted by atomic mass is 79.9. The summed E-state index contributed by atoms with van der Waals surface area (Å²) in [6.07, 6.45) is 4.43. The number of aromatic nitrogens is 3. The predicted molar refractivity (Wildman–Crippen MR) is 91.6 cm³/mol. The first-order valence-electron chi connectivity index (χ1n) is 6.72. The molecular formula is C14H9BrClFN4O3S. The van der Waals surface area contributed by atoms with Crippen LogP contribution in [0.15, 0.2) is 46.2 Å². The van der Waals surface area contributed by atoms with Gasteiger partial charge < -0.3 is 0 Å². The lowest BCUT2D eigenvalue weighted by atomic mass is 10.2. The number of imidazole rings is 1. The molecule has 25 heavy (non-hydrogen) atoms. The normalized spacial score (nSPS) is 11.6. The molecule has 0 aliphatic heterocycles. The molecule has 3 aromatic rings. The van der Waals surface area contributed by atoms with Crippen molar-refractivity contribution in [1.82, 2.24) is 19.1 Å². The average molecular weight is 448 g/mol. The van der Waals surface area contributed by atoms with Crippen LogP contribution in [0.1, 0.15) is 16.1 Å². The van der Waals surface area contributed by atoms with Gasteiger partial charge in [0, 0.05) is 18.6 Å². The van der Waals surface area contributed by atoms with Crippen LogP contribution in [0.25, 0.3) is 5.78 Å². The van der Waals surface area contributed by atoms with E-state index in [1.54, 1.807) is 6.20 Å². The van der Waals surface area contributed by atoms with Crippen LogP contribution >= 0.6 is 27.5 Å². The number of amides is 1. The summed E-state index contributed by atoms with van der Waals surface area (Å²) in [7, 11) is -4.29. The van der Waals surface area contributed by atoms with Gasteiger partial charge in [-0.05, 0) is 33.6 Å². The van der Waals surface area contributed by atoms with E-state index in [-0.39, 0.29) is 27.0 Å². The van der Waals surface area contributed by atoms with Gasteiger partial charge in [0.05, 0.1) is 9.50 Å². The Balaban J connectivity index is 1.93. The highest BCUT2D eigenvalue weighted by Crippen LogP contribution is 2.23. The molecule has 0 atom stereocenters. The minimum atomic E-state index is -4.29. The number of hydrogen-bond acceptors (Lipinski definition) is 5. The van der Waals surface area contributed by atoms with Crippen molar-refractivity contribution >= 4 is 49.2 Å². The molecule has 0 saturated heterocycles. The van der Waals surface area contributed by atoms with E-state index >= 15 is 0 Å². The molecule has 2 heterocycles. The standard InChI is InChI=1S/C14H9BrClFN4O3S/c15-9-5-18-14-19-11(7-21(14)6-9)13(22)20-25(23,24)12-3-8(4-17)1-2-10(12)16/h1-3,5-7H,4H2,(H,20,22). The summed E-state index contributed by atoms with van der Waals surface area (Å²) >= 11 is 9.09. The van der Waals surface area contributed by atoms with Crippen molar-refractivity contribution in [3.8, 4) is 0 Å². The fraction of sp³-hybridized carbons (Fsp3) is 0.0714. The summed E-state index contributed by atoms with van der Waals surface area (Å²) in [5, 5.41) is -0.127. The Morgan fingerprint density at radius 3 is 2.84 bits per heavy atom. The smallest absolute Gasteiger partial charge is 0.285 e. The van der Waals surface area contributed by atoms with Crippen molar-refractivity contribution < 1.29 is 17.6 Å². The van der Waals surface area contributed by atoms with Crippen LogP contribution < -0.4 is 4.72 Å². The number of halogens is 3. The molecule has 1 aromatic carbocycles. The maximum Gasteiger partial charge on any atom is 0.285 e. The first-order valence-corrected chi connectivity index (χ1v) is 9.37. The highest BCUT2D eigenvalue weighted by Gasteiger charge is 2.23. The second-order valence-corrected chi connectivity index (χ2v) is 7.91. The second kappa shape index (κ2) is 6.70. The number of rotatable bonds is 4. The van der Waals surface area contributed by atoms with Crippen LogP contribution in [0.2, 0.25) is 5.02 Å². The fourth-order valence-electron chi connectivity index (χ4n) is 2.04. The number of hydrogen-bond donors (Lipinski definition) is 1. The van der Waals surface area contributed by atoms with Gasteiger partial charge in [0.2, 0.25) is 5.78 Å². The van der Waals surface area contributed by atoms with Crippen molar-refractivity contribution in [1.29, 1.82) is 0 Å². The first-order chi connectivity index (χ1) is 11.8. The Kier molecular flexibility index (Phi) is 4.76. The summed E-state index contributed by atoms with van der Waals surface area (Å²) in [6, 6.07) is 3.68. The number of carbonyl (C=O) groups is 1. The molecule has 0 saturated carbocycles. The summed E-state index contributed by atoms with van der Waals surface area (Å²) in [4.78, 5) is 19.8. The molecule has 7 nitrogen and oxygen atoms in total. The molecule has 3 rings (SSSR count). The minimum absolute atomic E-state index is 0.124. The average Bonchev–Trinajstić information content (AvgIpc) is 2.98. The van der Waals surface area contributed by atoms with Crippen LogP contribution in [0, 0.1) is 0 Å². The lowest BCUT2D eigenvalue weighted by molar-refractivity contribution is 0.0977. The number of nitrogens with one attached hydrogen (secondary N) is 1. The van der Waals surface area contributed by atoms with Gasteiger partial charge >= 0.3 is 0 Å². The van der Waals surface area contributed by atoms with E-state index in [0.29, 0.717) is 4.47 Å². The van der Waals surface area contributed by atoms with E-state index in [1.165, 1.54) is 28.9 Å². The number of nitrogens with zero attached hydrogens (tertiary/aromatic N) is 3. The molecule has 0 fully saturated rings. The number of fused-ring (bicyclic) bond motifs is 1. The van der Waals surface area contributed by atoms with E-state index in [0.717, 1.165) is 6.07 Å². The van der Waals surface area contributed by atoms with Gasteiger partial charge in [-0.2, -0.15) is 0 Å². The summed E-state index contributed by atoms with van der Waals surface area (Å²) < 4.78 is 41.5. The molecule has 0 aliphatic carbocycles. The molecule has 130 valence electrons. The molecule has 0 unspecified atom stereocenters. The quantitative estimate of drug-likeness (QED) is 0.664. The maximum atomic E-state index is 12.8. The van der Waals surface area contributed by atoms with Crippen molar-refractivity contribution in [3.05, 3.63) is 57.5 Å². The molecule has 11 heteroatoms. The zero-order valence-electron chi connectivity index (χ0n) is 12.3. The highest BCUT2D eigenvalue weighted by molar-refractivity contribution is 9.10. The van der Waals surface area contributed by atoms with E-state index < -0.39 is 22.6 Å². The van der Waals surface area contributed by atoms with Gasteiger partial charge in [0.25, 0.3) is 15.9 Å². The molecule has 1 N–H and O–H groups in total. The van der Waals surface area contributed by atoms with Crippen molar-refractivity contribution in [2.45, 2.75) is 11.6 Å². The van der Waals surface area contributed by atoms with E-state index in [4.69, 9.17) is 11.6 Å². The summed E-state index contributed by atoms with van der Waals surface area (Å²) in [6.45, 7) is -0.860. The Hall–Kier alpha value is -2.04. The monoisotopic (exact) mass is 446 g/mol. The molecule has 0 bridgehead atoms. The van der Waals surface area contributed by atoms with E-state index in [1.807, 2.05) is 4.72 Å². The third kappa shape index (κ3) is 3.65. The Labute approximate surface area is 155 Å². The van der Waals surface area contributed by atoms with Crippen LogP contribution in [0.4, 0.5) is 4.39 Å². The third-order valence-electron chi connectivity index (χ3n) is 3.18. The Morgan fingerprint density at radius 2 is 2.12 bits per heavy atom. The lowest BCUT2D eigenvalue weighted by Gasteiger charge is -2.08. The van der Waals surface area contributed by atoms with Crippen LogP contribution in [0.5, 0.6) is 0 Å². The second-order valence-electron chi connectivity index (χ2n) is 4.94. The number of carbonyl (C=O) groups excluding carboxylic acids is 1. The number of sulfonamides is 1. The van der Waals surface area contributed by atoms with Gasteiger partial charge in [0.15, 0.2) is 0 Å². The fourth-order valence-corrected chi connectivity index (χ4v) is 3.87. The first kappa shape index (κ1) is 17.8. The van der Waals surface area contributed by atoms with Gasteiger partial charge in [0.1, 0.15) is 17.3 Å². The summed E-state index contributed by atoms with van der Waals surface area (Å²) in [5.74, 6) is -0.730. The Bertz CT molecular complexity index is 1090. The maximum absolute atomic E-state index is 12.8. The molecule has 0 spiro atoms. The van der Waals surface area contributed by atoms with Crippen molar-refractivity contribution in [2.75, 3.05) is 0 Å². The van der Waals surface area contributed by atoms with Gasteiger partial charge in [-0.3, -0.25) is 9.20 Å². The lowest BCUT2D eigenvalue weighted by Crippen LogP contribution is -2.31. The number of benzene rings is 1. The zero-order valence-corrected chi connectivity index (χ0v) is 15.4. The van der Waals surface area contributed by atoms with Gasteiger partial charge in [-0.15, -0.1) is 0 Å². The third-order valence-corrected chi connectivity index (χ3v) is 5.40. The SMILES string of the molecule is O=C(NS(=O)(=O)c1cc(CF)ccc1Cl)c1cn2cc(Br)cnc2n1. The van der Waals surface area contributed by atoms with Crippen molar-refractivity contribution in [3.63, 3.8) is 0 Å². The number of alkyl halides is 1. The molecule has 2 aromatic heterocycles. The molecule has 0 aliphatic rings. The molecule has 1 amide bonds. The van der Waals surface area contributed by atoms with Crippen LogP contribution in [-0.2, 0) is 16.7 Å². The summed E-state index contributed by atoms with van der Waals surface area (Å²) in [5.41, 5.74) is -0.0223.